The van der Waals surface area contributed by atoms with Crippen molar-refractivity contribution in [2.75, 3.05) is 6.61 Å². The molecule has 8 nitrogen and oxygen atoms in total. The van der Waals surface area contributed by atoms with Gasteiger partial charge in [-0.05, 0) is 19.8 Å². The van der Waals surface area contributed by atoms with E-state index in [1.807, 2.05) is 0 Å². The summed E-state index contributed by atoms with van der Waals surface area (Å²) in [4.78, 5) is 23.1. The maximum Gasteiger partial charge on any atom is 0.333 e. The van der Waals surface area contributed by atoms with Gasteiger partial charge >= 0.3 is 11.9 Å². The number of sulfonamides is 1. The molecule has 3 saturated heterocycles. The molecule has 5 atom stereocenters. The van der Waals surface area contributed by atoms with E-state index >= 15 is 0 Å². The number of carbonyl (C=O) groups is 2. The van der Waals surface area contributed by atoms with Crippen molar-refractivity contribution < 1.29 is 32.2 Å². The lowest BCUT2D eigenvalue weighted by molar-refractivity contribution is -0.153. The standard InChI is InChI=1S/C14H19NO7S/c1-7(2)14(17)20-5-3-4-10(16)22-12-8-6-9-13(21-8)11(12)15-23(9,18)19/h8-9,11-13,15H,1,3-6H2,2H3. The van der Waals surface area contributed by atoms with Gasteiger partial charge in [-0.2, -0.15) is 0 Å². The summed E-state index contributed by atoms with van der Waals surface area (Å²) in [7, 11) is -3.37. The van der Waals surface area contributed by atoms with Gasteiger partial charge in [-0.15, -0.1) is 0 Å². The van der Waals surface area contributed by atoms with Gasteiger partial charge in [0.15, 0.2) is 0 Å². The van der Waals surface area contributed by atoms with Crippen LogP contribution in [0.15, 0.2) is 12.2 Å². The van der Waals surface area contributed by atoms with Crippen LogP contribution in [-0.4, -0.2) is 56.6 Å². The Morgan fingerprint density at radius 3 is 2.83 bits per heavy atom. The van der Waals surface area contributed by atoms with Gasteiger partial charge in [-0.3, -0.25) is 4.79 Å². The fraction of sp³-hybridized carbons (Fsp3) is 0.714. The second-order valence-corrected chi connectivity index (χ2v) is 8.01. The van der Waals surface area contributed by atoms with Gasteiger partial charge in [0.1, 0.15) is 11.4 Å². The molecule has 128 valence electrons. The predicted molar refractivity (Wildman–Crippen MR) is 77.8 cm³/mol. The van der Waals surface area contributed by atoms with Crippen LogP contribution in [-0.2, 0) is 33.8 Å². The molecule has 0 aromatic rings. The molecular weight excluding hydrogens is 326 g/mol. The number of nitrogens with one attached hydrogen (secondary N) is 1. The summed E-state index contributed by atoms with van der Waals surface area (Å²) < 4.78 is 42.1. The van der Waals surface area contributed by atoms with Crippen molar-refractivity contribution in [2.24, 2.45) is 0 Å². The van der Waals surface area contributed by atoms with Crippen molar-refractivity contribution in [3.63, 3.8) is 0 Å². The van der Waals surface area contributed by atoms with Gasteiger partial charge in [-0.25, -0.2) is 17.9 Å². The second kappa shape index (κ2) is 5.88. The molecule has 5 unspecified atom stereocenters. The molecule has 0 amide bonds. The lowest BCUT2D eigenvalue weighted by atomic mass is 9.93. The number of hydrogen-bond acceptors (Lipinski definition) is 7. The predicted octanol–water partition coefficient (Wildman–Crippen LogP) is -0.361. The Morgan fingerprint density at radius 1 is 1.39 bits per heavy atom. The Morgan fingerprint density at radius 2 is 2.13 bits per heavy atom. The van der Waals surface area contributed by atoms with Crippen molar-refractivity contribution in [1.82, 2.24) is 4.72 Å². The zero-order chi connectivity index (χ0) is 16.8. The highest BCUT2D eigenvalue weighted by atomic mass is 32.2. The molecule has 3 heterocycles. The molecule has 1 N–H and O–H groups in total. The highest BCUT2D eigenvalue weighted by molar-refractivity contribution is 7.90. The Balaban J connectivity index is 1.45. The summed E-state index contributed by atoms with van der Waals surface area (Å²) >= 11 is 0. The topological polar surface area (TPSA) is 108 Å². The van der Waals surface area contributed by atoms with E-state index in [2.05, 4.69) is 11.3 Å². The van der Waals surface area contributed by atoms with E-state index in [9.17, 15) is 18.0 Å². The van der Waals surface area contributed by atoms with Crippen molar-refractivity contribution in [3.05, 3.63) is 12.2 Å². The highest BCUT2D eigenvalue weighted by Gasteiger charge is 2.65. The van der Waals surface area contributed by atoms with Gasteiger partial charge in [0, 0.05) is 12.0 Å². The largest absolute Gasteiger partial charge is 0.462 e. The number of esters is 2. The first-order valence-electron chi connectivity index (χ1n) is 7.48. The highest BCUT2D eigenvalue weighted by Crippen LogP contribution is 2.44. The molecule has 3 aliphatic rings. The molecule has 9 heteroatoms. The molecule has 0 saturated carbocycles. The number of hydrogen-bond donors (Lipinski definition) is 1. The third-order valence-electron chi connectivity index (χ3n) is 4.31. The van der Waals surface area contributed by atoms with Crippen LogP contribution in [0.5, 0.6) is 0 Å². The molecule has 3 rings (SSSR count). The van der Waals surface area contributed by atoms with Crippen LogP contribution < -0.4 is 4.72 Å². The van der Waals surface area contributed by atoms with Crippen LogP contribution in [0.2, 0.25) is 0 Å². The van der Waals surface area contributed by atoms with Gasteiger partial charge < -0.3 is 14.2 Å². The van der Waals surface area contributed by atoms with E-state index < -0.39 is 45.5 Å². The van der Waals surface area contributed by atoms with Crippen LogP contribution >= 0.6 is 0 Å². The fourth-order valence-electron chi connectivity index (χ4n) is 3.23. The zero-order valence-corrected chi connectivity index (χ0v) is 13.5. The summed E-state index contributed by atoms with van der Waals surface area (Å²) in [6.45, 7) is 5.10. The summed E-state index contributed by atoms with van der Waals surface area (Å²) in [5.41, 5.74) is 0.301. The molecule has 0 aromatic heterocycles. The lowest BCUT2D eigenvalue weighted by Gasteiger charge is -2.22. The minimum Gasteiger partial charge on any atom is -0.462 e. The summed E-state index contributed by atoms with van der Waals surface area (Å²) in [5, 5.41) is -0.533. The first-order valence-corrected chi connectivity index (χ1v) is 9.03. The maximum atomic E-state index is 11.9. The third kappa shape index (κ3) is 3.00. The van der Waals surface area contributed by atoms with Gasteiger partial charge in [0.25, 0.3) is 0 Å². The van der Waals surface area contributed by atoms with Crippen LogP contribution in [0.1, 0.15) is 26.2 Å². The van der Waals surface area contributed by atoms with E-state index in [1.54, 1.807) is 6.92 Å². The van der Waals surface area contributed by atoms with E-state index in [0.717, 1.165) is 0 Å². The van der Waals surface area contributed by atoms with Crippen LogP contribution in [0.25, 0.3) is 0 Å². The van der Waals surface area contributed by atoms with Gasteiger partial charge in [-0.1, -0.05) is 6.58 Å². The third-order valence-corrected chi connectivity index (χ3v) is 6.17. The first kappa shape index (κ1) is 16.4. The molecule has 3 aliphatic heterocycles. The molecule has 23 heavy (non-hydrogen) atoms. The van der Waals surface area contributed by atoms with Crippen molar-refractivity contribution in [2.45, 2.75) is 55.8 Å². The minimum atomic E-state index is -3.37. The van der Waals surface area contributed by atoms with Crippen LogP contribution in [0.3, 0.4) is 0 Å². The van der Waals surface area contributed by atoms with Crippen LogP contribution in [0.4, 0.5) is 0 Å². The first-order chi connectivity index (χ1) is 10.8. The molecule has 0 aromatic carbocycles. The van der Waals surface area contributed by atoms with E-state index in [4.69, 9.17) is 14.2 Å². The average Bonchev–Trinajstić information content (AvgIpc) is 3.07. The minimum absolute atomic E-state index is 0.0836. The molecular formula is C14H19NO7S. The van der Waals surface area contributed by atoms with E-state index in [0.29, 0.717) is 18.4 Å². The maximum absolute atomic E-state index is 11.9. The fourth-order valence-corrected chi connectivity index (χ4v) is 5.08. The number of ether oxygens (including phenoxy) is 3. The molecule has 0 aliphatic carbocycles. The monoisotopic (exact) mass is 345 g/mol. The quantitative estimate of drug-likeness (QED) is 0.398. The second-order valence-electron chi connectivity index (χ2n) is 6.08. The average molecular weight is 345 g/mol. The number of fused-ring (bicyclic) bond motifs is 1. The van der Waals surface area contributed by atoms with Crippen molar-refractivity contribution >= 4 is 22.0 Å². The summed E-state index contributed by atoms with van der Waals surface area (Å²) in [6.07, 6.45) is -0.619. The van der Waals surface area contributed by atoms with Gasteiger partial charge in [0.05, 0.1) is 24.9 Å². The number of rotatable bonds is 6. The lowest BCUT2D eigenvalue weighted by Crippen LogP contribution is -2.45. The van der Waals surface area contributed by atoms with Crippen molar-refractivity contribution in [3.8, 4) is 0 Å². The normalized spacial score (nSPS) is 36.0. The zero-order valence-electron chi connectivity index (χ0n) is 12.7. The molecule has 0 spiro atoms. The van der Waals surface area contributed by atoms with E-state index in [1.165, 1.54) is 0 Å². The van der Waals surface area contributed by atoms with Crippen molar-refractivity contribution in [1.29, 1.82) is 0 Å². The Hall–Kier alpha value is -1.45. The smallest absolute Gasteiger partial charge is 0.333 e. The molecule has 3 fully saturated rings. The summed E-state index contributed by atoms with van der Waals surface area (Å²) in [5.74, 6) is -0.952. The Kier molecular flexibility index (Phi) is 4.19. The molecule has 0 radical (unpaired) electrons. The summed E-state index contributed by atoms with van der Waals surface area (Å²) in [6, 6.07) is -0.492. The number of carbonyl (C=O) groups excluding carboxylic acids is 2. The van der Waals surface area contributed by atoms with Gasteiger partial charge in [0.2, 0.25) is 10.0 Å². The van der Waals surface area contributed by atoms with Crippen LogP contribution in [0, 0.1) is 0 Å². The molecule has 2 bridgehead atoms. The van der Waals surface area contributed by atoms with E-state index in [-0.39, 0.29) is 19.1 Å². The Labute approximate surface area is 134 Å². The SMILES string of the molecule is C=C(C)C(=O)OCCCC(=O)OC1C2CC3C(O2)C1NS3(=O)=O. The Bertz CT molecular complexity index is 644.